The monoisotopic (exact) mass is 210 g/mol. The van der Waals surface area contributed by atoms with Crippen LogP contribution in [0.4, 0.5) is 5.69 Å². The van der Waals surface area contributed by atoms with Crippen LogP contribution in [0.25, 0.3) is 11.6 Å². The number of carbonyl (C=O) groups is 1. The number of nitrogens with two attached hydrogens (primary N) is 2. The molecule has 4 N–H and O–H groups in total. The van der Waals surface area contributed by atoms with Crippen molar-refractivity contribution in [1.29, 1.82) is 0 Å². The fraction of sp³-hybridized carbons (Fsp3) is 0. The van der Waals surface area contributed by atoms with Crippen molar-refractivity contribution in [3.63, 3.8) is 0 Å². The molecule has 0 atom stereocenters. The van der Waals surface area contributed by atoms with E-state index in [1.807, 2.05) is 24.3 Å². The molecule has 0 saturated carbocycles. The number of benzene rings is 1. The number of carbonyl (C=O) groups excluding carboxylic acids is 1. The van der Waals surface area contributed by atoms with Crippen molar-refractivity contribution in [2.75, 3.05) is 5.73 Å². The lowest BCUT2D eigenvalue weighted by atomic mass is 9.93. The quantitative estimate of drug-likeness (QED) is 0.637. The van der Waals surface area contributed by atoms with Crippen molar-refractivity contribution in [1.82, 2.24) is 0 Å². The van der Waals surface area contributed by atoms with Crippen LogP contribution in [0.1, 0.15) is 11.1 Å². The van der Waals surface area contributed by atoms with Crippen LogP contribution in [0.3, 0.4) is 0 Å². The Morgan fingerprint density at radius 2 is 1.88 bits per heavy atom. The number of fused-ring (bicyclic) bond motifs is 3. The van der Waals surface area contributed by atoms with Crippen molar-refractivity contribution in [3.05, 3.63) is 52.7 Å². The molecule has 0 heterocycles. The minimum Gasteiger partial charge on any atom is -0.398 e. The van der Waals surface area contributed by atoms with E-state index >= 15 is 0 Å². The third-order valence-electron chi connectivity index (χ3n) is 2.92. The van der Waals surface area contributed by atoms with Gasteiger partial charge in [0.2, 0.25) is 0 Å². The van der Waals surface area contributed by atoms with Gasteiger partial charge in [0.15, 0.2) is 5.78 Å². The molecule has 0 aromatic heterocycles. The zero-order valence-electron chi connectivity index (χ0n) is 8.53. The molecule has 0 saturated heterocycles. The van der Waals surface area contributed by atoms with E-state index in [9.17, 15) is 4.79 Å². The first-order valence-corrected chi connectivity index (χ1v) is 5.01. The Bertz CT molecular complexity index is 606. The highest BCUT2D eigenvalue weighted by Crippen LogP contribution is 2.42. The fourth-order valence-electron chi connectivity index (χ4n) is 2.19. The van der Waals surface area contributed by atoms with Gasteiger partial charge >= 0.3 is 0 Å². The van der Waals surface area contributed by atoms with E-state index < -0.39 is 0 Å². The summed E-state index contributed by atoms with van der Waals surface area (Å²) in [5, 5.41) is 0. The van der Waals surface area contributed by atoms with Gasteiger partial charge in [-0.05, 0) is 29.9 Å². The van der Waals surface area contributed by atoms with Crippen molar-refractivity contribution in [2.24, 2.45) is 5.73 Å². The van der Waals surface area contributed by atoms with Gasteiger partial charge in [-0.2, -0.15) is 0 Å². The lowest BCUT2D eigenvalue weighted by Gasteiger charge is -2.13. The molecule has 3 heteroatoms. The van der Waals surface area contributed by atoms with Crippen LogP contribution in [0.5, 0.6) is 0 Å². The third kappa shape index (κ3) is 0.997. The third-order valence-corrected chi connectivity index (χ3v) is 2.92. The molecule has 0 aliphatic heterocycles. The van der Waals surface area contributed by atoms with E-state index in [0.717, 1.165) is 16.7 Å². The predicted octanol–water partition coefficient (Wildman–Crippen LogP) is 1.47. The van der Waals surface area contributed by atoms with Gasteiger partial charge in [-0.3, -0.25) is 4.79 Å². The minimum absolute atomic E-state index is 0.0141. The van der Waals surface area contributed by atoms with E-state index in [4.69, 9.17) is 11.5 Å². The number of allylic oxidation sites excluding steroid dienone is 4. The van der Waals surface area contributed by atoms with Gasteiger partial charge in [0.25, 0.3) is 0 Å². The molecule has 2 aliphatic carbocycles. The molecular weight excluding hydrogens is 200 g/mol. The molecule has 3 nitrogen and oxygen atoms in total. The number of rotatable bonds is 0. The molecule has 3 rings (SSSR count). The molecule has 1 aromatic rings. The summed E-state index contributed by atoms with van der Waals surface area (Å²) in [6.07, 6.45) is 4.98. The molecule has 0 radical (unpaired) electrons. The normalized spacial score (nSPS) is 17.2. The van der Waals surface area contributed by atoms with Crippen LogP contribution in [-0.2, 0) is 4.79 Å². The van der Waals surface area contributed by atoms with E-state index in [-0.39, 0.29) is 5.78 Å². The van der Waals surface area contributed by atoms with Crippen LogP contribution in [0.15, 0.2) is 41.6 Å². The lowest BCUT2D eigenvalue weighted by molar-refractivity contribution is -0.110. The number of ketones is 1. The van der Waals surface area contributed by atoms with Crippen LogP contribution in [0, 0.1) is 0 Å². The lowest BCUT2D eigenvalue weighted by Crippen LogP contribution is -2.10. The molecule has 0 fully saturated rings. The standard InChI is InChI=1S/C13H10N2O/c14-9-3-1-2-7-6-8-11(16)5-4-10(15)13(8)12(7)9/h1-6H,14-15H2. The average Bonchev–Trinajstić information content (AvgIpc) is 2.65. The van der Waals surface area contributed by atoms with Gasteiger partial charge < -0.3 is 11.5 Å². The maximum absolute atomic E-state index is 11.7. The second kappa shape index (κ2) is 2.85. The van der Waals surface area contributed by atoms with Gasteiger partial charge in [0, 0.05) is 28.1 Å². The van der Waals surface area contributed by atoms with Crippen molar-refractivity contribution >= 4 is 23.1 Å². The highest BCUT2D eigenvalue weighted by atomic mass is 16.1. The summed E-state index contributed by atoms with van der Waals surface area (Å²) in [5.41, 5.74) is 16.4. The summed E-state index contributed by atoms with van der Waals surface area (Å²) in [5.74, 6) is -0.0141. The van der Waals surface area contributed by atoms with Crippen LogP contribution in [0.2, 0.25) is 0 Å². The molecule has 16 heavy (non-hydrogen) atoms. The summed E-state index contributed by atoms with van der Waals surface area (Å²) >= 11 is 0. The first-order valence-electron chi connectivity index (χ1n) is 5.01. The van der Waals surface area contributed by atoms with Gasteiger partial charge in [-0.15, -0.1) is 0 Å². The van der Waals surface area contributed by atoms with E-state index in [1.54, 1.807) is 6.08 Å². The molecular formula is C13H10N2O. The summed E-state index contributed by atoms with van der Waals surface area (Å²) in [6.45, 7) is 0. The largest absolute Gasteiger partial charge is 0.398 e. The van der Waals surface area contributed by atoms with Gasteiger partial charge in [0.05, 0.1) is 0 Å². The van der Waals surface area contributed by atoms with E-state index in [0.29, 0.717) is 17.0 Å². The number of hydrogen-bond donors (Lipinski definition) is 2. The highest BCUT2D eigenvalue weighted by molar-refractivity contribution is 6.25. The number of nitrogen functional groups attached to an aromatic ring is 1. The van der Waals surface area contributed by atoms with Crippen LogP contribution >= 0.6 is 0 Å². The molecule has 0 bridgehead atoms. The minimum atomic E-state index is -0.0141. The summed E-state index contributed by atoms with van der Waals surface area (Å²) in [6, 6.07) is 5.63. The molecule has 2 aliphatic rings. The number of anilines is 1. The van der Waals surface area contributed by atoms with Gasteiger partial charge in [0.1, 0.15) is 0 Å². The van der Waals surface area contributed by atoms with Gasteiger partial charge in [-0.25, -0.2) is 0 Å². The van der Waals surface area contributed by atoms with Gasteiger partial charge in [-0.1, -0.05) is 12.1 Å². The van der Waals surface area contributed by atoms with Crippen molar-refractivity contribution in [3.8, 4) is 0 Å². The molecule has 1 aromatic carbocycles. The Labute approximate surface area is 92.7 Å². The second-order valence-corrected chi connectivity index (χ2v) is 3.90. The van der Waals surface area contributed by atoms with Crippen LogP contribution < -0.4 is 11.5 Å². The highest BCUT2D eigenvalue weighted by Gasteiger charge is 2.28. The van der Waals surface area contributed by atoms with E-state index in [1.165, 1.54) is 6.08 Å². The van der Waals surface area contributed by atoms with Crippen molar-refractivity contribution < 1.29 is 4.79 Å². The SMILES string of the molecule is NC1=C2C(=Cc3cccc(N)c32)C(=O)C=C1. The molecule has 0 unspecified atom stereocenters. The zero-order chi connectivity index (χ0) is 11.3. The topological polar surface area (TPSA) is 69.1 Å². The zero-order valence-corrected chi connectivity index (χ0v) is 8.53. The number of hydrogen-bond acceptors (Lipinski definition) is 3. The first-order chi connectivity index (χ1) is 7.68. The van der Waals surface area contributed by atoms with Crippen molar-refractivity contribution in [2.45, 2.75) is 0 Å². The average molecular weight is 210 g/mol. The predicted molar refractivity (Wildman–Crippen MR) is 64.1 cm³/mol. The molecule has 78 valence electrons. The summed E-state index contributed by atoms with van der Waals surface area (Å²) < 4.78 is 0. The second-order valence-electron chi connectivity index (χ2n) is 3.90. The van der Waals surface area contributed by atoms with E-state index in [2.05, 4.69) is 0 Å². The Balaban J connectivity index is 2.37. The Morgan fingerprint density at radius 3 is 2.69 bits per heavy atom. The summed E-state index contributed by atoms with van der Waals surface area (Å²) in [7, 11) is 0. The smallest absolute Gasteiger partial charge is 0.186 e. The molecule has 0 spiro atoms. The van der Waals surface area contributed by atoms with Crippen LogP contribution in [-0.4, -0.2) is 5.78 Å². The molecule has 0 amide bonds. The fourth-order valence-corrected chi connectivity index (χ4v) is 2.19. The maximum Gasteiger partial charge on any atom is 0.186 e. The Morgan fingerprint density at radius 1 is 1.06 bits per heavy atom. The first kappa shape index (κ1) is 8.97. The summed E-state index contributed by atoms with van der Waals surface area (Å²) in [4.78, 5) is 11.7. The maximum atomic E-state index is 11.7. The Kier molecular flexibility index (Phi) is 1.60. The Hall–Kier alpha value is -2.29.